The highest BCUT2D eigenvalue weighted by atomic mass is 15.1. The Morgan fingerprint density at radius 1 is 1.35 bits per heavy atom. The van der Waals surface area contributed by atoms with Crippen molar-refractivity contribution >= 4 is 11.4 Å². The normalized spacial score (nSPS) is 18.9. The average Bonchev–Trinajstić information content (AvgIpc) is 2.30. The second-order valence-electron chi connectivity index (χ2n) is 4.91. The number of nitrogen functional groups attached to an aromatic ring is 1. The number of hydrogen-bond donors (Lipinski definition) is 2. The molecule has 2 heterocycles. The van der Waals surface area contributed by atoms with Gasteiger partial charge in [-0.3, -0.25) is 4.98 Å². The molecular formula is C13H22N4. The lowest BCUT2D eigenvalue weighted by Gasteiger charge is -2.29. The molecule has 0 saturated carbocycles. The smallest absolute Gasteiger partial charge is 0.0549 e. The number of anilines is 2. The van der Waals surface area contributed by atoms with E-state index in [1.165, 1.54) is 32.4 Å². The van der Waals surface area contributed by atoms with Crippen LogP contribution >= 0.6 is 0 Å². The van der Waals surface area contributed by atoms with Crippen LogP contribution in [-0.2, 0) is 0 Å². The van der Waals surface area contributed by atoms with E-state index in [0.717, 1.165) is 12.2 Å². The Morgan fingerprint density at radius 3 is 2.82 bits per heavy atom. The van der Waals surface area contributed by atoms with Gasteiger partial charge in [0.05, 0.1) is 17.6 Å². The van der Waals surface area contributed by atoms with Gasteiger partial charge in [-0.05, 0) is 38.9 Å². The molecule has 0 aliphatic carbocycles. The first-order chi connectivity index (χ1) is 8.24. The van der Waals surface area contributed by atoms with Gasteiger partial charge in [0, 0.05) is 18.8 Å². The van der Waals surface area contributed by atoms with Crippen molar-refractivity contribution in [3.63, 3.8) is 0 Å². The van der Waals surface area contributed by atoms with E-state index in [-0.39, 0.29) is 0 Å². The van der Waals surface area contributed by atoms with Crippen LogP contribution in [0.4, 0.5) is 11.4 Å². The molecule has 0 radical (unpaired) electrons. The Kier molecular flexibility index (Phi) is 4.20. The Hall–Kier alpha value is -1.29. The Balaban J connectivity index is 1.82. The molecule has 1 unspecified atom stereocenters. The van der Waals surface area contributed by atoms with Crippen LogP contribution in [0, 0.1) is 0 Å². The predicted octanol–water partition coefficient (Wildman–Crippen LogP) is 1.95. The summed E-state index contributed by atoms with van der Waals surface area (Å²) in [6.45, 7) is 5.77. The van der Waals surface area contributed by atoms with Gasteiger partial charge in [0.1, 0.15) is 0 Å². The van der Waals surface area contributed by atoms with Crippen molar-refractivity contribution in [1.82, 2.24) is 9.88 Å². The SMILES string of the molecule is CC(CN1CCCCC1)Nc1cncc(N)c1. The first-order valence-electron chi connectivity index (χ1n) is 6.43. The van der Waals surface area contributed by atoms with Crippen molar-refractivity contribution < 1.29 is 0 Å². The number of likely N-dealkylation sites (tertiary alicyclic amines) is 1. The maximum atomic E-state index is 5.71. The first kappa shape index (κ1) is 12.2. The van der Waals surface area contributed by atoms with Gasteiger partial charge in [-0.25, -0.2) is 0 Å². The minimum atomic E-state index is 0.428. The van der Waals surface area contributed by atoms with Crippen LogP contribution in [0.15, 0.2) is 18.5 Å². The molecule has 1 atom stereocenters. The molecule has 3 N–H and O–H groups in total. The van der Waals surface area contributed by atoms with Gasteiger partial charge < -0.3 is 16.0 Å². The molecule has 1 aromatic heterocycles. The highest BCUT2D eigenvalue weighted by Gasteiger charge is 2.13. The van der Waals surface area contributed by atoms with Gasteiger partial charge in [-0.2, -0.15) is 0 Å². The summed E-state index contributed by atoms with van der Waals surface area (Å²) in [5.41, 5.74) is 7.42. The monoisotopic (exact) mass is 234 g/mol. The first-order valence-corrected chi connectivity index (χ1v) is 6.43. The third-order valence-corrected chi connectivity index (χ3v) is 3.15. The van der Waals surface area contributed by atoms with E-state index in [2.05, 4.69) is 22.1 Å². The minimum Gasteiger partial charge on any atom is -0.397 e. The summed E-state index contributed by atoms with van der Waals surface area (Å²) in [7, 11) is 0. The fourth-order valence-electron chi connectivity index (χ4n) is 2.40. The number of nitrogens with zero attached hydrogens (tertiary/aromatic N) is 2. The number of nitrogens with one attached hydrogen (secondary N) is 1. The summed E-state index contributed by atoms with van der Waals surface area (Å²) in [4.78, 5) is 6.61. The summed E-state index contributed by atoms with van der Waals surface area (Å²) >= 11 is 0. The molecule has 17 heavy (non-hydrogen) atoms. The second-order valence-corrected chi connectivity index (χ2v) is 4.91. The third kappa shape index (κ3) is 3.89. The van der Waals surface area contributed by atoms with E-state index in [1.807, 2.05) is 12.3 Å². The van der Waals surface area contributed by atoms with Gasteiger partial charge >= 0.3 is 0 Å². The molecule has 1 saturated heterocycles. The van der Waals surface area contributed by atoms with Gasteiger partial charge in [-0.15, -0.1) is 0 Å². The quantitative estimate of drug-likeness (QED) is 0.836. The van der Waals surface area contributed by atoms with Gasteiger partial charge in [0.2, 0.25) is 0 Å². The molecule has 94 valence electrons. The van der Waals surface area contributed by atoms with Gasteiger partial charge in [0.15, 0.2) is 0 Å². The predicted molar refractivity (Wildman–Crippen MR) is 72.0 cm³/mol. The van der Waals surface area contributed by atoms with Crippen molar-refractivity contribution in [2.24, 2.45) is 0 Å². The molecule has 1 aromatic rings. The highest BCUT2D eigenvalue weighted by molar-refractivity contribution is 5.51. The van der Waals surface area contributed by atoms with Crippen LogP contribution in [0.3, 0.4) is 0 Å². The number of piperidine rings is 1. The van der Waals surface area contributed by atoms with E-state index >= 15 is 0 Å². The Labute approximate surface area is 103 Å². The third-order valence-electron chi connectivity index (χ3n) is 3.15. The standard InChI is InChI=1S/C13H22N4/c1-11(10-17-5-3-2-4-6-17)16-13-7-12(14)8-15-9-13/h7-9,11,16H,2-6,10,14H2,1H3. The molecular weight excluding hydrogens is 212 g/mol. The van der Waals surface area contributed by atoms with E-state index < -0.39 is 0 Å². The molecule has 0 bridgehead atoms. The van der Waals surface area contributed by atoms with Crippen LogP contribution in [-0.4, -0.2) is 35.6 Å². The van der Waals surface area contributed by atoms with E-state index in [4.69, 9.17) is 5.73 Å². The summed E-state index contributed by atoms with van der Waals surface area (Å²) in [5.74, 6) is 0. The molecule has 1 aliphatic heterocycles. The molecule has 4 nitrogen and oxygen atoms in total. The summed E-state index contributed by atoms with van der Waals surface area (Å²) in [6.07, 6.45) is 7.56. The molecule has 0 spiro atoms. The molecule has 1 fully saturated rings. The summed E-state index contributed by atoms with van der Waals surface area (Å²) in [6, 6.07) is 2.36. The zero-order valence-corrected chi connectivity index (χ0v) is 10.5. The summed E-state index contributed by atoms with van der Waals surface area (Å²) in [5, 5.41) is 3.45. The van der Waals surface area contributed by atoms with Crippen LogP contribution in [0.2, 0.25) is 0 Å². The van der Waals surface area contributed by atoms with Gasteiger partial charge in [-0.1, -0.05) is 6.42 Å². The van der Waals surface area contributed by atoms with Crippen molar-refractivity contribution in [2.45, 2.75) is 32.2 Å². The zero-order chi connectivity index (χ0) is 12.1. The van der Waals surface area contributed by atoms with Crippen molar-refractivity contribution in [3.8, 4) is 0 Å². The van der Waals surface area contributed by atoms with E-state index in [1.54, 1.807) is 6.20 Å². The molecule has 4 heteroatoms. The average molecular weight is 234 g/mol. The van der Waals surface area contributed by atoms with Crippen molar-refractivity contribution in [1.29, 1.82) is 0 Å². The van der Waals surface area contributed by atoms with Crippen molar-refractivity contribution in [3.05, 3.63) is 18.5 Å². The lowest BCUT2D eigenvalue weighted by Crippen LogP contribution is -2.38. The Bertz CT molecular complexity index is 347. The number of hydrogen-bond acceptors (Lipinski definition) is 4. The lowest BCUT2D eigenvalue weighted by atomic mass is 10.1. The fraction of sp³-hybridized carbons (Fsp3) is 0.615. The molecule has 0 aromatic carbocycles. The second kappa shape index (κ2) is 5.87. The Morgan fingerprint density at radius 2 is 2.12 bits per heavy atom. The van der Waals surface area contributed by atoms with Gasteiger partial charge in [0.25, 0.3) is 0 Å². The number of rotatable bonds is 4. The fourth-order valence-corrected chi connectivity index (χ4v) is 2.40. The maximum absolute atomic E-state index is 5.71. The largest absolute Gasteiger partial charge is 0.397 e. The highest BCUT2D eigenvalue weighted by Crippen LogP contribution is 2.13. The van der Waals surface area contributed by atoms with Crippen molar-refractivity contribution in [2.75, 3.05) is 30.7 Å². The molecule has 0 amide bonds. The number of aromatic nitrogens is 1. The maximum Gasteiger partial charge on any atom is 0.0549 e. The van der Waals surface area contributed by atoms with Crippen LogP contribution < -0.4 is 11.1 Å². The lowest BCUT2D eigenvalue weighted by molar-refractivity contribution is 0.223. The van der Waals surface area contributed by atoms with E-state index in [0.29, 0.717) is 11.7 Å². The number of nitrogens with two attached hydrogens (primary N) is 1. The minimum absolute atomic E-state index is 0.428. The van der Waals surface area contributed by atoms with Crippen LogP contribution in [0.1, 0.15) is 26.2 Å². The number of pyridine rings is 1. The molecule has 1 aliphatic rings. The zero-order valence-electron chi connectivity index (χ0n) is 10.5. The topological polar surface area (TPSA) is 54.2 Å². The van der Waals surface area contributed by atoms with Crippen LogP contribution in [0.5, 0.6) is 0 Å². The van der Waals surface area contributed by atoms with E-state index in [9.17, 15) is 0 Å². The molecule has 2 rings (SSSR count). The van der Waals surface area contributed by atoms with Crippen LogP contribution in [0.25, 0.3) is 0 Å². The summed E-state index contributed by atoms with van der Waals surface area (Å²) < 4.78 is 0.